The highest BCUT2D eigenvalue weighted by Crippen LogP contribution is 2.43. The quantitative estimate of drug-likeness (QED) is 0.243. The fourth-order valence-corrected chi connectivity index (χ4v) is 4.84. The summed E-state index contributed by atoms with van der Waals surface area (Å²) in [4.78, 5) is 12.4. The lowest BCUT2D eigenvalue weighted by atomic mass is 9.94. The van der Waals surface area contributed by atoms with Crippen LogP contribution in [0.1, 0.15) is 15.9 Å². The zero-order valence-electron chi connectivity index (χ0n) is 13.9. The van der Waals surface area contributed by atoms with E-state index in [0.717, 1.165) is 5.69 Å². The predicted molar refractivity (Wildman–Crippen MR) is 114 cm³/mol. The number of carbonyl (C=O) groups excluding carboxylic acids is 1. The SMILES string of the molecule is C[SiH](C)N(N=C1C=CC(=O)c2c(Cl)c(Cl)c(Cl)c(Cl)c21)c1ccccc1. The number of halogens is 4. The number of rotatable bonds is 3. The topological polar surface area (TPSA) is 32.7 Å². The first-order chi connectivity index (χ1) is 12.3. The third kappa shape index (κ3) is 3.44. The fourth-order valence-electron chi connectivity index (χ4n) is 2.68. The van der Waals surface area contributed by atoms with Crippen LogP contribution in [-0.4, -0.2) is 20.5 Å². The Hall–Kier alpha value is -1.30. The molecule has 8 heteroatoms. The Morgan fingerprint density at radius 2 is 1.42 bits per heavy atom. The summed E-state index contributed by atoms with van der Waals surface area (Å²) in [6, 6.07) is 9.82. The van der Waals surface area contributed by atoms with Crippen molar-refractivity contribution in [3.63, 3.8) is 0 Å². The number of hydrazone groups is 1. The lowest BCUT2D eigenvalue weighted by Gasteiger charge is -2.26. The summed E-state index contributed by atoms with van der Waals surface area (Å²) in [5, 5.41) is 5.22. The zero-order chi connectivity index (χ0) is 19.0. The van der Waals surface area contributed by atoms with Gasteiger partial charge in [-0.05, 0) is 24.3 Å². The van der Waals surface area contributed by atoms with Gasteiger partial charge in [0.25, 0.3) is 0 Å². The number of nitrogens with zero attached hydrogens (tertiary/aromatic N) is 2. The summed E-state index contributed by atoms with van der Waals surface area (Å²) in [6.07, 6.45) is 3.04. The maximum absolute atomic E-state index is 12.4. The molecule has 26 heavy (non-hydrogen) atoms. The minimum atomic E-state index is -1.37. The van der Waals surface area contributed by atoms with Gasteiger partial charge in [-0.25, -0.2) is 0 Å². The maximum Gasteiger partial charge on any atom is 0.188 e. The van der Waals surface area contributed by atoms with Gasteiger partial charge < -0.3 is 0 Å². The van der Waals surface area contributed by atoms with Crippen molar-refractivity contribution in [2.24, 2.45) is 5.10 Å². The molecule has 0 spiro atoms. The highest BCUT2D eigenvalue weighted by atomic mass is 35.5. The summed E-state index contributed by atoms with van der Waals surface area (Å²) < 4.78 is 1.98. The van der Waals surface area contributed by atoms with Crippen molar-refractivity contribution >= 4 is 72.5 Å². The largest absolute Gasteiger partial charge is 0.298 e. The molecule has 3 nitrogen and oxygen atoms in total. The number of hydrogen-bond acceptors (Lipinski definition) is 3. The second kappa shape index (κ2) is 7.75. The fraction of sp³-hybridized carbons (Fsp3) is 0.111. The van der Waals surface area contributed by atoms with Crippen LogP contribution in [0.4, 0.5) is 5.69 Å². The number of hydrogen-bond donors (Lipinski definition) is 0. The molecule has 0 aromatic heterocycles. The highest BCUT2D eigenvalue weighted by Gasteiger charge is 2.29. The number of ketones is 1. The van der Waals surface area contributed by atoms with Gasteiger partial charge in [0, 0.05) is 11.3 Å². The van der Waals surface area contributed by atoms with E-state index in [9.17, 15) is 4.79 Å². The van der Waals surface area contributed by atoms with E-state index in [1.807, 2.05) is 35.0 Å². The van der Waals surface area contributed by atoms with Gasteiger partial charge in [0.2, 0.25) is 0 Å². The van der Waals surface area contributed by atoms with Crippen molar-refractivity contribution < 1.29 is 4.79 Å². The van der Waals surface area contributed by atoms with E-state index in [2.05, 4.69) is 13.1 Å². The number of anilines is 1. The summed E-state index contributed by atoms with van der Waals surface area (Å²) >= 11 is 25.0. The molecule has 2 aromatic carbocycles. The molecule has 3 rings (SSSR count). The van der Waals surface area contributed by atoms with Crippen LogP contribution < -0.4 is 4.67 Å². The predicted octanol–water partition coefficient (Wildman–Crippen LogP) is 6.25. The Morgan fingerprint density at radius 3 is 2.00 bits per heavy atom. The van der Waals surface area contributed by atoms with Crippen LogP contribution in [0.3, 0.4) is 0 Å². The lowest BCUT2D eigenvalue weighted by Crippen LogP contribution is -2.31. The minimum Gasteiger partial charge on any atom is -0.298 e. The Balaban J connectivity index is 2.23. The third-order valence-electron chi connectivity index (χ3n) is 3.89. The van der Waals surface area contributed by atoms with Crippen molar-refractivity contribution in [2.45, 2.75) is 13.1 Å². The molecule has 1 aliphatic rings. The van der Waals surface area contributed by atoms with E-state index in [0.29, 0.717) is 11.3 Å². The van der Waals surface area contributed by atoms with Gasteiger partial charge in [0.05, 0.1) is 31.4 Å². The molecule has 0 N–H and O–H groups in total. The number of allylic oxidation sites excluding steroid dienone is 2. The Labute approximate surface area is 173 Å². The summed E-state index contributed by atoms with van der Waals surface area (Å²) in [5.74, 6) is -0.280. The van der Waals surface area contributed by atoms with Gasteiger partial charge in [-0.15, -0.1) is 0 Å². The molecule has 0 saturated carbocycles. The monoisotopic (exact) mass is 442 g/mol. The Bertz CT molecular complexity index is 942. The third-order valence-corrected chi connectivity index (χ3v) is 7.08. The van der Waals surface area contributed by atoms with Crippen LogP contribution in [0, 0.1) is 0 Å². The van der Waals surface area contributed by atoms with Crippen molar-refractivity contribution in [1.82, 2.24) is 0 Å². The van der Waals surface area contributed by atoms with E-state index in [1.54, 1.807) is 6.08 Å². The molecule has 0 fully saturated rings. The number of para-hydroxylation sites is 1. The first-order valence-corrected chi connectivity index (χ1v) is 12.2. The molecule has 0 bridgehead atoms. The molecular formula is C18H14Cl4N2OSi. The van der Waals surface area contributed by atoms with Crippen LogP contribution in [0.15, 0.2) is 47.6 Å². The normalized spacial score (nSPS) is 14.9. The molecule has 0 heterocycles. The van der Waals surface area contributed by atoms with Crippen molar-refractivity contribution in [2.75, 3.05) is 4.67 Å². The summed E-state index contributed by atoms with van der Waals surface area (Å²) in [5.41, 5.74) is 2.13. The van der Waals surface area contributed by atoms with Gasteiger partial charge >= 0.3 is 0 Å². The van der Waals surface area contributed by atoms with E-state index < -0.39 is 8.96 Å². The number of fused-ring (bicyclic) bond motifs is 1. The molecule has 0 radical (unpaired) electrons. The Kier molecular flexibility index (Phi) is 5.80. The molecular weight excluding hydrogens is 430 g/mol. The maximum atomic E-state index is 12.4. The van der Waals surface area contributed by atoms with Gasteiger partial charge in [-0.1, -0.05) is 77.7 Å². The molecule has 134 valence electrons. The van der Waals surface area contributed by atoms with E-state index in [1.165, 1.54) is 6.08 Å². The van der Waals surface area contributed by atoms with Gasteiger partial charge in [-0.2, -0.15) is 5.10 Å². The van der Waals surface area contributed by atoms with Gasteiger partial charge in [-0.3, -0.25) is 9.47 Å². The number of carbonyl (C=O) groups is 1. The Morgan fingerprint density at radius 1 is 0.846 bits per heavy atom. The molecule has 0 atom stereocenters. The minimum absolute atomic E-state index is 0.0678. The van der Waals surface area contributed by atoms with Crippen molar-refractivity contribution in [1.29, 1.82) is 0 Å². The average molecular weight is 444 g/mol. The van der Waals surface area contributed by atoms with E-state index in [-0.39, 0.29) is 31.4 Å². The molecule has 0 aliphatic heterocycles. The van der Waals surface area contributed by atoms with Crippen molar-refractivity contribution in [3.05, 3.63) is 73.7 Å². The lowest BCUT2D eigenvalue weighted by molar-refractivity contribution is 0.104. The van der Waals surface area contributed by atoms with Crippen LogP contribution in [0.25, 0.3) is 0 Å². The average Bonchev–Trinajstić information content (AvgIpc) is 2.63. The second-order valence-corrected chi connectivity index (χ2v) is 10.2. The summed E-state index contributed by atoms with van der Waals surface area (Å²) in [7, 11) is -1.37. The second-order valence-electron chi connectivity index (χ2n) is 5.96. The van der Waals surface area contributed by atoms with E-state index in [4.69, 9.17) is 51.5 Å². The van der Waals surface area contributed by atoms with Gasteiger partial charge in [0.15, 0.2) is 14.7 Å². The first kappa shape index (κ1) is 19.5. The molecule has 2 aromatic rings. The van der Waals surface area contributed by atoms with Gasteiger partial charge in [0.1, 0.15) is 0 Å². The smallest absolute Gasteiger partial charge is 0.188 e. The van der Waals surface area contributed by atoms with Crippen LogP contribution in [-0.2, 0) is 0 Å². The van der Waals surface area contributed by atoms with E-state index >= 15 is 0 Å². The van der Waals surface area contributed by atoms with Crippen LogP contribution >= 0.6 is 46.4 Å². The summed E-state index contributed by atoms with van der Waals surface area (Å²) in [6.45, 7) is 4.30. The van der Waals surface area contributed by atoms with Crippen LogP contribution in [0.2, 0.25) is 33.2 Å². The van der Waals surface area contributed by atoms with Crippen molar-refractivity contribution in [3.8, 4) is 0 Å². The molecule has 0 unspecified atom stereocenters. The standard InChI is InChI=1S/C18H14Cl4N2OSi/c1-26(2)24(10-6-4-3-5-7-10)23-11-8-9-12(25)14-13(11)15(19)17(21)18(22)16(14)20/h3-9,26H,1-2H3. The molecule has 0 saturated heterocycles. The highest BCUT2D eigenvalue weighted by molar-refractivity contribution is 6.60. The molecule has 1 aliphatic carbocycles. The first-order valence-electron chi connectivity index (χ1n) is 7.84. The van der Waals surface area contributed by atoms with Crippen LogP contribution in [0.5, 0.6) is 0 Å². The zero-order valence-corrected chi connectivity index (χ0v) is 18.1. The molecule has 0 amide bonds. The number of benzene rings is 2.